The van der Waals surface area contributed by atoms with E-state index in [4.69, 9.17) is 4.63 Å². The molecule has 0 aliphatic carbocycles. The molecule has 158 valence electrons. The normalized spacial score (nSPS) is 18.0. The molecule has 1 aliphatic heterocycles. The first-order chi connectivity index (χ1) is 13.8. The van der Waals surface area contributed by atoms with E-state index in [2.05, 4.69) is 36.6 Å². The smallest absolute Gasteiger partial charge is 0.281 e. The second kappa shape index (κ2) is 9.13. The molecule has 0 spiro atoms. The Kier molecular flexibility index (Phi) is 6.79. The summed E-state index contributed by atoms with van der Waals surface area (Å²) in [6.45, 7) is 1.37. The number of hydroxylamine groups is 1. The van der Waals surface area contributed by atoms with Crippen molar-refractivity contribution in [2.45, 2.75) is 6.42 Å². The van der Waals surface area contributed by atoms with E-state index < -0.39 is 16.0 Å². The number of amidine groups is 1. The largest absolute Gasteiger partial charge is 0.364 e. The Labute approximate surface area is 174 Å². The summed E-state index contributed by atoms with van der Waals surface area (Å²) in [5, 5.41) is 19.8. The third kappa shape index (κ3) is 4.90. The van der Waals surface area contributed by atoms with Gasteiger partial charge in [-0.3, -0.25) is 10.7 Å². The van der Waals surface area contributed by atoms with Crippen LogP contribution in [0.1, 0.15) is 12.1 Å². The first-order valence-corrected chi connectivity index (χ1v) is 10.7. The van der Waals surface area contributed by atoms with Crippen LogP contribution in [-0.2, 0) is 10.2 Å². The summed E-state index contributed by atoms with van der Waals surface area (Å²) in [6.07, 6.45) is 0.741. The topological polar surface area (TPSA) is 136 Å². The number of aliphatic imine (C=N–C) groups is 1. The van der Waals surface area contributed by atoms with Crippen LogP contribution < -0.4 is 10.8 Å². The molecule has 29 heavy (non-hydrogen) atoms. The first kappa shape index (κ1) is 21.6. The van der Waals surface area contributed by atoms with E-state index in [1.165, 1.54) is 33.9 Å². The van der Waals surface area contributed by atoms with Gasteiger partial charge in [-0.05, 0) is 50.9 Å². The van der Waals surface area contributed by atoms with Crippen LogP contribution in [0.25, 0.3) is 0 Å². The van der Waals surface area contributed by atoms with Crippen molar-refractivity contribution in [1.29, 1.82) is 0 Å². The molecule has 2 aromatic rings. The zero-order valence-corrected chi connectivity index (χ0v) is 17.7. The molecule has 0 amide bonds. The number of halogens is 2. The van der Waals surface area contributed by atoms with Gasteiger partial charge in [0.2, 0.25) is 5.82 Å². The molecule has 11 nitrogen and oxygen atoms in total. The highest BCUT2D eigenvalue weighted by Gasteiger charge is 2.30. The Morgan fingerprint density at radius 3 is 2.93 bits per heavy atom. The van der Waals surface area contributed by atoms with Crippen LogP contribution in [0.3, 0.4) is 0 Å². The number of benzene rings is 1. The van der Waals surface area contributed by atoms with Gasteiger partial charge < -0.3 is 5.32 Å². The van der Waals surface area contributed by atoms with Crippen LogP contribution in [-0.4, -0.2) is 71.6 Å². The maximum absolute atomic E-state index is 13.4. The third-order valence-electron chi connectivity index (χ3n) is 4.22. The van der Waals surface area contributed by atoms with Crippen molar-refractivity contribution in [1.82, 2.24) is 24.4 Å². The second-order valence-electron chi connectivity index (χ2n) is 6.14. The molecule has 1 aromatic heterocycles. The Bertz CT molecular complexity index is 1000. The van der Waals surface area contributed by atoms with Crippen molar-refractivity contribution in [2.24, 2.45) is 4.99 Å². The Balaban J connectivity index is 1.71. The summed E-state index contributed by atoms with van der Waals surface area (Å²) < 4.78 is 45.5. The molecule has 0 bridgehead atoms. The van der Waals surface area contributed by atoms with Crippen LogP contribution in [0.2, 0.25) is 0 Å². The molecular weight excluding hydrogens is 473 g/mol. The molecule has 3 rings (SSSR count). The minimum atomic E-state index is -3.47. The van der Waals surface area contributed by atoms with Gasteiger partial charge in [-0.2, -0.15) is 17.0 Å². The van der Waals surface area contributed by atoms with E-state index in [9.17, 15) is 18.0 Å². The third-order valence-corrected chi connectivity index (χ3v) is 6.81. The molecule has 1 aromatic carbocycles. The molecule has 1 fully saturated rings. The van der Waals surface area contributed by atoms with Gasteiger partial charge in [-0.15, -0.1) is 0 Å². The highest BCUT2D eigenvalue weighted by Crippen LogP contribution is 2.23. The van der Waals surface area contributed by atoms with E-state index in [0.29, 0.717) is 18.8 Å². The monoisotopic (exact) mass is 491 g/mol. The fourth-order valence-corrected chi connectivity index (χ4v) is 4.50. The van der Waals surface area contributed by atoms with Gasteiger partial charge in [-0.25, -0.2) is 14.0 Å². The van der Waals surface area contributed by atoms with Gasteiger partial charge in [0.05, 0.1) is 10.2 Å². The molecule has 0 radical (unpaired) electrons. The van der Waals surface area contributed by atoms with Gasteiger partial charge >= 0.3 is 0 Å². The minimum absolute atomic E-state index is 0.0755. The fraction of sp³-hybridized carbons (Fsp3) is 0.400. The number of hydrogen-bond donors (Lipinski definition) is 3. The summed E-state index contributed by atoms with van der Waals surface area (Å²) in [5.74, 6) is -0.377. The van der Waals surface area contributed by atoms with Crippen molar-refractivity contribution in [3.8, 4) is 0 Å². The SMILES string of the molecule is CN1CCCN(CCNc2nonc2C(=Nc2ccc(F)c(Br)c2)NO)S1(=O)=O. The van der Waals surface area contributed by atoms with Crippen LogP contribution in [0.5, 0.6) is 0 Å². The fourth-order valence-electron chi connectivity index (χ4n) is 2.70. The number of aromatic nitrogens is 2. The maximum atomic E-state index is 13.4. The molecule has 1 saturated heterocycles. The number of anilines is 1. The predicted molar refractivity (Wildman–Crippen MR) is 106 cm³/mol. The van der Waals surface area contributed by atoms with Gasteiger partial charge in [0.1, 0.15) is 5.82 Å². The Morgan fingerprint density at radius 1 is 1.41 bits per heavy atom. The average Bonchev–Trinajstić information content (AvgIpc) is 3.14. The minimum Gasteiger partial charge on any atom is -0.364 e. The quantitative estimate of drug-likeness (QED) is 0.312. The highest BCUT2D eigenvalue weighted by atomic mass is 79.9. The molecule has 2 heterocycles. The summed E-state index contributed by atoms with van der Waals surface area (Å²) in [4.78, 5) is 4.16. The van der Waals surface area contributed by atoms with Crippen molar-refractivity contribution in [3.05, 3.63) is 34.2 Å². The zero-order chi connectivity index (χ0) is 21.0. The number of nitrogens with zero attached hydrogens (tertiary/aromatic N) is 5. The van der Waals surface area contributed by atoms with Crippen LogP contribution in [0.4, 0.5) is 15.9 Å². The standard InChI is InChI=1S/C15H19BrFN7O4S/c1-23-6-2-7-24(29(23,26)27)8-5-18-14-13(21-28-22-14)15(20-25)19-10-3-4-12(17)11(16)9-10/h3-4,9,25H,2,5-8H2,1H3,(H,18,22)(H,19,20). The molecule has 0 atom stereocenters. The predicted octanol–water partition coefficient (Wildman–Crippen LogP) is 1.32. The number of rotatable bonds is 6. The Morgan fingerprint density at radius 2 is 2.21 bits per heavy atom. The molecule has 14 heteroatoms. The van der Waals surface area contributed by atoms with Crippen molar-refractivity contribution < 1.29 is 22.6 Å². The summed E-state index contributed by atoms with van der Waals surface area (Å²) >= 11 is 3.06. The number of nitrogens with one attached hydrogen (secondary N) is 2. The lowest BCUT2D eigenvalue weighted by Crippen LogP contribution is -2.49. The maximum Gasteiger partial charge on any atom is 0.281 e. The van der Waals surface area contributed by atoms with Gasteiger partial charge in [0, 0.05) is 33.2 Å². The average molecular weight is 492 g/mol. The molecule has 1 aliphatic rings. The van der Waals surface area contributed by atoms with Gasteiger partial charge in [-0.1, -0.05) is 0 Å². The molecule has 0 unspecified atom stereocenters. The van der Waals surface area contributed by atoms with E-state index in [1.54, 1.807) is 0 Å². The molecular formula is C15H19BrFN7O4S. The second-order valence-corrected chi connectivity index (χ2v) is 9.03. The van der Waals surface area contributed by atoms with Gasteiger partial charge in [0.25, 0.3) is 10.2 Å². The highest BCUT2D eigenvalue weighted by molar-refractivity contribution is 9.10. The van der Waals surface area contributed by atoms with E-state index in [0.717, 1.165) is 6.42 Å². The van der Waals surface area contributed by atoms with Gasteiger partial charge in [0.15, 0.2) is 11.5 Å². The van der Waals surface area contributed by atoms with Crippen molar-refractivity contribution >= 4 is 43.5 Å². The first-order valence-electron chi connectivity index (χ1n) is 8.55. The van der Waals surface area contributed by atoms with E-state index in [1.807, 2.05) is 5.48 Å². The summed E-state index contributed by atoms with van der Waals surface area (Å²) in [7, 11) is -1.93. The lowest BCUT2D eigenvalue weighted by molar-refractivity contribution is 0.234. The van der Waals surface area contributed by atoms with E-state index >= 15 is 0 Å². The zero-order valence-electron chi connectivity index (χ0n) is 15.3. The summed E-state index contributed by atoms with van der Waals surface area (Å²) in [6, 6.07) is 4.05. The lowest BCUT2D eigenvalue weighted by Gasteiger charge is -2.32. The molecule has 3 N–H and O–H groups in total. The van der Waals surface area contributed by atoms with Crippen molar-refractivity contribution in [2.75, 3.05) is 38.5 Å². The number of hydrogen-bond acceptors (Lipinski definition) is 8. The lowest BCUT2D eigenvalue weighted by atomic mass is 10.3. The van der Waals surface area contributed by atoms with E-state index in [-0.39, 0.29) is 34.9 Å². The molecule has 0 saturated carbocycles. The van der Waals surface area contributed by atoms with Crippen LogP contribution >= 0.6 is 15.9 Å². The van der Waals surface area contributed by atoms with Crippen molar-refractivity contribution in [3.63, 3.8) is 0 Å². The Hall–Kier alpha value is -2.13. The summed E-state index contributed by atoms with van der Waals surface area (Å²) in [5.41, 5.74) is 2.33. The van der Waals surface area contributed by atoms with Crippen LogP contribution in [0.15, 0.2) is 32.3 Å². The van der Waals surface area contributed by atoms with Crippen LogP contribution in [0, 0.1) is 5.82 Å².